The van der Waals surface area contributed by atoms with Crippen LogP contribution in [0.2, 0.25) is 5.02 Å². The Morgan fingerprint density at radius 2 is 1.96 bits per heavy atom. The maximum atomic E-state index is 11.6. The van der Waals surface area contributed by atoms with E-state index in [2.05, 4.69) is 10.5 Å². The molecule has 0 saturated carbocycles. The van der Waals surface area contributed by atoms with Crippen LogP contribution in [0.15, 0.2) is 59.7 Å². The average molecular weight is 360 g/mol. The standard InChI is InChI=1S/C17H14ClN3O4/c18-14-7-9-15(10-8-14)25-12-17(22)20-19-11-3-5-13-4-1-2-6-16(13)21(23)24/h1-11H,12H2,(H,20,22)/b5-3+,19-11+. The van der Waals surface area contributed by atoms with Crippen molar-refractivity contribution in [3.63, 3.8) is 0 Å². The Morgan fingerprint density at radius 1 is 1.24 bits per heavy atom. The maximum absolute atomic E-state index is 11.6. The number of allylic oxidation sites excluding steroid dienone is 1. The SMILES string of the molecule is O=C(COc1ccc(Cl)cc1)N/N=C/C=C/c1ccccc1[N+](=O)[O-]. The van der Waals surface area contributed by atoms with Gasteiger partial charge in [0.1, 0.15) is 5.75 Å². The van der Waals surface area contributed by atoms with Crippen molar-refractivity contribution in [3.8, 4) is 5.75 Å². The van der Waals surface area contributed by atoms with Gasteiger partial charge in [-0.15, -0.1) is 0 Å². The topological polar surface area (TPSA) is 93.8 Å². The van der Waals surface area contributed by atoms with E-state index in [0.717, 1.165) is 0 Å². The summed E-state index contributed by atoms with van der Waals surface area (Å²) in [5.41, 5.74) is 2.72. The van der Waals surface area contributed by atoms with Crippen LogP contribution in [0.3, 0.4) is 0 Å². The lowest BCUT2D eigenvalue weighted by molar-refractivity contribution is -0.385. The number of carbonyl (C=O) groups excluding carboxylic acids is 1. The summed E-state index contributed by atoms with van der Waals surface area (Å²) in [4.78, 5) is 22.0. The third-order valence-corrected chi connectivity index (χ3v) is 3.19. The third-order valence-electron chi connectivity index (χ3n) is 2.94. The summed E-state index contributed by atoms with van der Waals surface area (Å²) in [7, 11) is 0. The number of benzene rings is 2. The van der Waals surface area contributed by atoms with Gasteiger partial charge < -0.3 is 4.74 Å². The molecule has 0 spiro atoms. The minimum Gasteiger partial charge on any atom is -0.484 e. The number of rotatable bonds is 7. The van der Waals surface area contributed by atoms with Gasteiger partial charge in [0.25, 0.3) is 11.6 Å². The monoisotopic (exact) mass is 359 g/mol. The van der Waals surface area contributed by atoms with E-state index in [1.165, 1.54) is 24.4 Å². The Morgan fingerprint density at radius 3 is 2.68 bits per heavy atom. The number of nitrogens with one attached hydrogen (secondary N) is 1. The molecule has 8 heteroatoms. The molecule has 0 heterocycles. The van der Waals surface area contributed by atoms with E-state index in [1.807, 2.05) is 0 Å². The molecule has 0 aliphatic rings. The van der Waals surface area contributed by atoms with E-state index in [1.54, 1.807) is 42.5 Å². The third kappa shape index (κ3) is 6.08. The van der Waals surface area contributed by atoms with Gasteiger partial charge in [-0.25, -0.2) is 5.43 Å². The lowest BCUT2D eigenvalue weighted by Gasteiger charge is -2.04. The van der Waals surface area contributed by atoms with Crippen molar-refractivity contribution in [3.05, 3.63) is 75.3 Å². The molecule has 0 atom stereocenters. The first kappa shape index (κ1) is 18.2. The second kappa shape index (κ2) is 9.19. The van der Waals surface area contributed by atoms with Crippen LogP contribution >= 0.6 is 11.6 Å². The number of hydrazone groups is 1. The van der Waals surface area contributed by atoms with Gasteiger partial charge >= 0.3 is 0 Å². The number of carbonyl (C=O) groups is 1. The van der Waals surface area contributed by atoms with Crippen molar-refractivity contribution in [2.24, 2.45) is 5.10 Å². The first-order valence-corrected chi connectivity index (χ1v) is 7.54. The molecule has 2 aromatic carbocycles. The number of amides is 1. The molecule has 2 rings (SSSR count). The number of hydrogen-bond acceptors (Lipinski definition) is 5. The summed E-state index contributed by atoms with van der Waals surface area (Å²) < 4.78 is 5.25. The van der Waals surface area contributed by atoms with Gasteiger partial charge in [-0.2, -0.15) is 5.10 Å². The number of hydrogen-bond donors (Lipinski definition) is 1. The van der Waals surface area contributed by atoms with Gasteiger partial charge in [0.05, 0.1) is 10.5 Å². The van der Waals surface area contributed by atoms with Crippen LogP contribution in [0.5, 0.6) is 5.75 Å². The maximum Gasteiger partial charge on any atom is 0.277 e. The first-order valence-electron chi connectivity index (χ1n) is 7.16. The molecular formula is C17H14ClN3O4. The van der Waals surface area contributed by atoms with Gasteiger partial charge in [-0.05, 0) is 42.5 Å². The summed E-state index contributed by atoms with van der Waals surface area (Å²) in [6.07, 6.45) is 4.33. The van der Waals surface area contributed by atoms with Crippen molar-refractivity contribution in [2.75, 3.05) is 6.61 Å². The molecule has 7 nitrogen and oxygen atoms in total. The Kier molecular flexibility index (Phi) is 6.67. The van der Waals surface area contributed by atoms with Crippen molar-refractivity contribution in [1.82, 2.24) is 5.43 Å². The smallest absolute Gasteiger partial charge is 0.277 e. The van der Waals surface area contributed by atoms with Crippen molar-refractivity contribution >= 4 is 35.5 Å². The van der Waals surface area contributed by atoms with Gasteiger partial charge in [-0.3, -0.25) is 14.9 Å². The lowest BCUT2D eigenvalue weighted by Crippen LogP contribution is -2.24. The number of para-hydroxylation sites is 1. The van der Waals surface area contributed by atoms with Crippen molar-refractivity contribution in [1.29, 1.82) is 0 Å². The predicted molar refractivity (Wildman–Crippen MR) is 95.7 cm³/mol. The Bertz CT molecular complexity index is 804. The predicted octanol–water partition coefficient (Wildman–Crippen LogP) is 3.44. The van der Waals surface area contributed by atoms with Gasteiger partial charge in [0.15, 0.2) is 6.61 Å². The summed E-state index contributed by atoms with van der Waals surface area (Å²) in [5.74, 6) is 0.0742. The van der Waals surface area contributed by atoms with Crippen LogP contribution in [0.25, 0.3) is 6.08 Å². The van der Waals surface area contributed by atoms with E-state index < -0.39 is 10.8 Å². The molecule has 1 amide bonds. The van der Waals surface area contributed by atoms with Crippen molar-refractivity contribution < 1.29 is 14.5 Å². The number of nitrogens with zero attached hydrogens (tertiary/aromatic N) is 2. The van der Waals surface area contributed by atoms with Crippen LogP contribution in [0.1, 0.15) is 5.56 Å². The van der Waals surface area contributed by atoms with E-state index >= 15 is 0 Å². The fourth-order valence-corrected chi connectivity index (χ4v) is 1.93. The Hall–Kier alpha value is -3.19. The molecule has 0 radical (unpaired) electrons. The highest BCUT2D eigenvalue weighted by Gasteiger charge is 2.08. The second-order valence-corrected chi connectivity index (χ2v) is 5.17. The summed E-state index contributed by atoms with van der Waals surface area (Å²) in [6.45, 7) is -0.202. The number of halogens is 1. The van der Waals surface area contributed by atoms with E-state index in [0.29, 0.717) is 16.3 Å². The van der Waals surface area contributed by atoms with Gasteiger partial charge in [0, 0.05) is 17.3 Å². The highest BCUT2D eigenvalue weighted by Crippen LogP contribution is 2.18. The molecule has 128 valence electrons. The second-order valence-electron chi connectivity index (χ2n) is 4.73. The summed E-state index contributed by atoms with van der Waals surface area (Å²) in [6, 6.07) is 12.9. The Labute approximate surface area is 148 Å². The van der Waals surface area contributed by atoms with Gasteiger partial charge in [-0.1, -0.05) is 23.7 Å². The molecule has 2 aromatic rings. The molecule has 0 aliphatic heterocycles. The fourth-order valence-electron chi connectivity index (χ4n) is 1.81. The van der Waals surface area contributed by atoms with Gasteiger partial charge in [0.2, 0.25) is 0 Å². The first-order chi connectivity index (χ1) is 12.1. The minimum atomic E-state index is -0.466. The number of nitro benzene ring substituents is 1. The fraction of sp³-hybridized carbons (Fsp3) is 0.0588. The highest BCUT2D eigenvalue weighted by atomic mass is 35.5. The largest absolute Gasteiger partial charge is 0.484 e. The Balaban J connectivity index is 1.80. The quantitative estimate of drug-likeness (QED) is 0.465. The van der Waals surface area contributed by atoms with Crippen LogP contribution < -0.4 is 10.2 Å². The zero-order valence-corrected chi connectivity index (χ0v) is 13.7. The van der Waals surface area contributed by atoms with E-state index in [4.69, 9.17) is 16.3 Å². The lowest BCUT2D eigenvalue weighted by atomic mass is 10.2. The van der Waals surface area contributed by atoms with E-state index in [-0.39, 0.29) is 12.3 Å². The molecule has 0 bridgehead atoms. The molecule has 25 heavy (non-hydrogen) atoms. The van der Waals surface area contributed by atoms with Crippen LogP contribution in [-0.4, -0.2) is 23.7 Å². The molecular weight excluding hydrogens is 346 g/mol. The summed E-state index contributed by atoms with van der Waals surface area (Å²) in [5, 5.41) is 15.1. The van der Waals surface area contributed by atoms with Crippen LogP contribution in [-0.2, 0) is 4.79 Å². The zero-order chi connectivity index (χ0) is 18.1. The molecule has 0 saturated heterocycles. The van der Waals surface area contributed by atoms with E-state index in [9.17, 15) is 14.9 Å². The molecule has 0 aliphatic carbocycles. The van der Waals surface area contributed by atoms with Crippen LogP contribution in [0, 0.1) is 10.1 Å². The minimum absolute atomic E-state index is 0.00690. The number of nitro groups is 1. The molecule has 1 N–H and O–H groups in total. The zero-order valence-electron chi connectivity index (χ0n) is 13.0. The highest BCUT2D eigenvalue weighted by molar-refractivity contribution is 6.30. The normalized spacial score (nSPS) is 10.9. The van der Waals surface area contributed by atoms with Crippen LogP contribution in [0.4, 0.5) is 5.69 Å². The summed E-state index contributed by atoms with van der Waals surface area (Å²) >= 11 is 5.75. The van der Waals surface area contributed by atoms with Crippen molar-refractivity contribution in [2.45, 2.75) is 0 Å². The number of ether oxygens (including phenoxy) is 1. The molecule has 0 aromatic heterocycles. The molecule has 0 fully saturated rings. The molecule has 0 unspecified atom stereocenters. The average Bonchev–Trinajstić information content (AvgIpc) is 2.61.